The van der Waals surface area contributed by atoms with Crippen LogP contribution in [0.1, 0.15) is 49.0 Å². The number of nitrogens with zero attached hydrogens (tertiary/aromatic N) is 5. The standard InChI is InChI=1S/C20H23N5/c1-14-12-16-4-2-3-5-18(16)22-19(14)24-10-8-15(9-11-24)20-23-21-13-25(20)17-6-7-17/h2-5,12-13,15,17H,6-11H2,1H3. The largest absolute Gasteiger partial charge is 0.356 e. The summed E-state index contributed by atoms with van der Waals surface area (Å²) in [7, 11) is 0. The van der Waals surface area contributed by atoms with Gasteiger partial charge in [-0.3, -0.25) is 0 Å². The lowest BCUT2D eigenvalue weighted by Gasteiger charge is -2.33. The number of rotatable bonds is 3. The van der Waals surface area contributed by atoms with Gasteiger partial charge in [0.05, 0.1) is 5.52 Å². The van der Waals surface area contributed by atoms with E-state index >= 15 is 0 Å². The molecular weight excluding hydrogens is 310 g/mol. The summed E-state index contributed by atoms with van der Waals surface area (Å²) in [5.74, 6) is 2.87. The maximum Gasteiger partial charge on any atom is 0.136 e. The molecule has 0 amide bonds. The summed E-state index contributed by atoms with van der Waals surface area (Å²) in [6.45, 7) is 4.24. The first-order valence-corrected chi connectivity index (χ1v) is 9.30. The highest BCUT2D eigenvalue weighted by Gasteiger charge is 2.31. The van der Waals surface area contributed by atoms with Crippen molar-refractivity contribution in [3.05, 3.63) is 48.0 Å². The fourth-order valence-corrected chi connectivity index (χ4v) is 4.06. The van der Waals surface area contributed by atoms with E-state index in [1.807, 2.05) is 6.33 Å². The van der Waals surface area contributed by atoms with Gasteiger partial charge in [0.2, 0.25) is 0 Å². The Morgan fingerprint density at radius 3 is 2.64 bits per heavy atom. The molecule has 2 fully saturated rings. The van der Waals surface area contributed by atoms with Gasteiger partial charge >= 0.3 is 0 Å². The van der Waals surface area contributed by atoms with Crippen molar-refractivity contribution in [2.24, 2.45) is 0 Å². The number of hydrogen-bond acceptors (Lipinski definition) is 4. The van der Waals surface area contributed by atoms with Crippen LogP contribution < -0.4 is 4.90 Å². The maximum absolute atomic E-state index is 4.93. The van der Waals surface area contributed by atoms with E-state index in [0.29, 0.717) is 12.0 Å². The smallest absolute Gasteiger partial charge is 0.136 e. The Hall–Kier alpha value is -2.43. The summed E-state index contributed by atoms with van der Waals surface area (Å²) in [5, 5.41) is 9.83. The molecule has 1 aliphatic carbocycles. The first-order valence-electron chi connectivity index (χ1n) is 9.30. The van der Waals surface area contributed by atoms with Gasteiger partial charge in [-0.2, -0.15) is 0 Å². The van der Waals surface area contributed by atoms with E-state index < -0.39 is 0 Å². The minimum atomic E-state index is 0.528. The molecule has 5 rings (SSSR count). The Balaban J connectivity index is 1.36. The normalized spacial score (nSPS) is 18.8. The van der Waals surface area contributed by atoms with E-state index in [1.165, 1.54) is 29.6 Å². The second kappa shape index (κ2) is 5.83. The van der Waals surface area contributed by atoms with Gasteiger partial charge in [-0.05, 0) is 50.3 Å². The monoisotopic (exact) mass is 333 g/mol. The third-order valence-corrected chi connectivity index (χ3v) is 5.59. The number of anilines is 1. The van der Waals surface area contributed by atoms with Gasteiger partial charge in [-0.1, -0.05) is 18.2 Å². The van der Waals surface area contributed by atoms with Gasteiger partial charge < -0.3 is 9.47 Å². The van der Waals surface area contributed by atoms with Crippen LogP contribution in [0, 0.1) is 6.92 Å². The molecule has 25 heavy (non-hydrogen) atoms. The summed E-state index contributed by atoms with van der Waals surface area (Å²) >= 11 is 0. The van der Waals surface area contributed by atoms with Gasteiger partial charge in [0, 0.05) is 30.4 Å². The number of benzene rings is 1. The molecule has 3 heterocycles. The third-order valence-electron chi connectivity index (χ3n) is 5.59. The zero-order chi connectivity index (χ0) is 16.8. The van der Waals surface area contributed by atoms with E-state index in [0.717, 1.165) is 37.3 Å². The second-order valence-corrected chi connectivity index (χ2v) is 7.41. The van der Waals surface area contributed by atoms with Gasteiger partial charge in [0.1, 0.15) is 18.0 Å². The summed E-state index contributed by atoms with van der Waals surface area (Å²) in [5.41, 5.74) is 2.34. The Kier molecular flexibility index (Phi) is 3.47. The van der Waals surface area contributed by atoms with Crippen LogP contribution in [0.4, 0.5) is 5.82 Å². The highest BCUT2D eigenvalue weighted by molar-refractivity contribution is 5.81. The van der Waals surface area contributed by atoms with Crippen LogP contribution >= 0.6 is 0 Å². The van der Waals surface area contributed by atoms with E-state index in [2.05, 4.69) is 56.9 Å². The summed E-state index contributed by atoms with van der Waals surface area (Å²) in [6.07, 6.45) is 6.74. The number of hydrogen-bond donors (Lipinski definition) is 0. The molecule has 128 valence electrons. The van der Waals surface area contributed by atoms with Crippen LogP contribution in [-0.2, 0) is 0 Å². The molecule has 2 aromatic heterocycles. The minimum Gasteiger partial charge on any atom is -0.356 e. The Morgan fingerprint density at radius 1 is 1.04 bits per heavy atom. The van der Waals surface area contributed by atoms with Crippen LogP contribution in [0.5, 0.6) is 0 Å². The molecule has 2 aliphatic rings. The predicted molar refractivity (Wildman–Crippen MR) is 99.0 cm³/mol. The second-order valence-electron chi connectivity index (χ2n) is 7.41. The number of pyridine rings is 1. The Labute approximate surface area is 147 Å². The number of para-hydroxylation sites is 1. The molecule has 1 aliphatic heterocycles. The number of piperidine rings is 1. The van der Waals surface area contributed by atoms with Crippen molar-refractivity contribution >= 4 is 16.7 Å². The molecule has 1 saturated heterocycles. The highest BCUT2D eigenvalue weighted by atomic mass is 15.3. The van der Waals surface area contributed by atoms with Crippen LogP contribution in [-0.4, -0.2) is 32.8 Å². The molecule has 5 nitrogen and oxygen atoms in total. The van der Waals surface area contributed by atoms with Crippen molar-refractivity contribution in [2.45, 2.75) is 44.6 Å². The van der Waals surface area contributed by atoms with Gasteiger partial charge in [0.15, 0.2) is 0 Å². The zero-order valence-electron chi connectivity index (χ0n) is 14.6. The molecule has 3 aromatic rings. The predicted octanol–water partition coefficient (Wildman–Crippen LogP) is 3.85. The molecule has 0 bridgehead atoms. The molecule has 0 atom stereocenters. The zero-order valence-corrected chi connectivity index (χ0v) is 14.6. The molecule has 0 unspecified atom stereocenters. The SMILES string of the molecule is Cc1cc2ccccc2nc1N1CCC(c2nncn2C2CC2)CC1. The average molecular weight is 333 g/mol. The highest BCUT2D eigenvalue weighted by Crippen LogP contribution is 2.39. The topological polar surface area (TPSA) is 46.8 Å². The van der Waals surface area contributed by atoms with Crippen molar-refractivity contribution < 1.29 is 0 Å². The first kappa shape index (κ1) is 14.9. The molecule has 1 saturated carbocycles. The van der Waals surface area contributed by atoms with Crippen molar-refractivity contribution in [1.29, 1.82) is 0 Å². The summed E-state index contributed by atoms with van der Waals surface area (Å²) < 4.78 is 2.32. The fourth-order valence-electron chi connectivity index (χ4n) is 4.06. The average Bonchev–Trinajstić information content (AvgIpc) is 3.38. The lowest BCUT2D eigenvalue weighted by molar-refractivity contribution is 0.463. The van der Waals surface area contributed by atoms with Gasteiger partial charge in [0.25, 0.3) is 0 Å². The Morgan fingerprint density at radius 2 is 1.84 bits per heavy atom. The lowest BCUT2D eigenvalue weighted by atomic mass is 9.95. The Bertz CT molecular complexity index is 903. The van der Waals surface area contributed by atoms with Crippen LogP contribution in [0.2, 0.25) is 0 Å². The molecular formula is C20H23N5. The van der Waals surface area contributed by atoms with Gasteiger partial charge in [-0.15, -0.1) is 10.2 Å². The number of fused-ring (bicyclic) bond motifs is 1. The van der Waals surface area contributed by atoms with E-state index in [9.17, 15) is 0 Å². The molecule has 5 heteroatoms. The molecule has 0 spiro atoms. The minimum absolute atomic E-state index is 0.528. The van der Waals surface area contributed by atoms with E-state index in [-0.39, 0.29) is 0 Å². The summed E-state index contributed by atoms with van der Waals surface area (Å²) in [6, 6.07) is 11.3. The van der Waals surface area contributed by atoms with Crippen LogP contribution in [0.25, 0.3) is 10.9 Å². The van der Waals surface area contributed by atoms with E-state index in [4.69, 9.17) is 4.98 Å². The van der Waals surface area contributed by atoms with Crippen LogP contribution in [0.15, 0.2) is 36.7 Å². The maximum atomic E-state index is 4.93. The quantitative estimate of drug-likeness (QED) is 0.730. The lowest BCUT2D eigenvalue weighted by Crippen LogP contribution is -2.34. The third kappa shape index (κ3) is 2.68. The van der Waals surface area contributed by atoms with E-state index in [1.54, 1.807) is 0 Å². The van der Waals surface area contributed by atoms with Crippen molar-refractivity contribution in [3.63, 3.8) is 0 Å². The van der Waals surface area contributed by atoms with Crippen LogP contribution in [0.3, 0.4) is 0 Å². The number of aromatic nitrogens is 4. The number of aryl methyl sites for hydroxylation is 1. The summed E-state index contributed by atoms with van der Waals surface area (Å²) in [4.78, 5) is 7.38. The van der Waals surface area contributed by atoms with Crippen molar-refractivity contribution in [2.75, 3.05) is 18.0 Å². The fraction of sp³-hybridized carbons (Fsp3) is 0.450. The van der Waals surface area contributed by atoms with Gasteiger partial charge in [-0.25, -0.2) is 4.98 Å². The molecule has 0 N–H and O–H groups in total. The van der Waals surface area contributed by atoms with Crippen molar-refractivity contribution in [1.82, 2.24) is 19.7 Å². The first-order chi connectivity index (χ1) is 12.3. The van der Waals surface area contributed by atoms with Crippen molar-refractivity contribution in [3.8, 4) is 0 Å². The molecule has 0 radical (unpaired) electrons. The molecule has 1 aromatic carbocycles.